The molecule has 0 aliphatic carbocycles. The van der Waals surface area contributed by atoms with Crippen LogP contribution in [0.5, 0.6) is 11.5 Å². The van der Waals surface area contributed by atoms with Gasteiger partial charge >= 0.3 is 0 Å². The zero-order valence-corrected chi connectivity index (χ0v) is 15.7. The van der Waals surface area contributed by atoms with Crippen molar-refractivity contribution >= 4 is 17.9 Å². The molecule has 1 fully saturated rings. The molecule has 1 heterocycles. The van der Waals surface area contributed by atoms with Gasteiger partial charge in [-0.3, -0.25) is 10.0 Å². The number of nitrogens with one attached hydrogen (secondary N) is 1. The third kappa shape index (κ3) is 4.91. The molecule has 1 amide bonds. The Bertz CT molecular complexity index is 780. The first-order valence-corrected chi connectivity index (χ1v) is 9.34. The smallest absolute Gasteiger partial charge is 0.278 e. The predicted molar refractivity (Wildman–Crippen MR) is 99.7 cm³/mol. The topological polar surface area (TPSA) is 71.0 Å². The quantitative estimate of drug-likeness (QED) is 0.445. The summed E-state index contributed by atoms with van der Waals surface area (Å²) in [5, 5.41) is 8.84. The van der Waals surface area contributed by atoms with E-state index in [1.54, 1.807) is 19.2 Å². The Kier molecular flexibility index (Phi) is 6.54. The normalized spacial score (nSPS) is 15.4. The van der Waals surface area contributed by atoms with Gasteiger partial charge in [-0.2, -0.15) is 0 Å². The average Bonchev–Trinajstić information content (AvgIpc) is 2.70. The summed E-state index contributed by atoms with van der Waals surface area (Å²) in [6, 6.07) is 11.9. The van der Waals surface area contributed by atoms with Crippen molar-refractivity contribution in [3.8, 4) is 11.5 Å². The molecule has 0 bridgehead atoms. The van der Waals surface area contributed by atoms with Crippen LogP contribution < -0.4 is 15.0 Å². The highest BCUT2D eigenvalue weighted by molar-refractivity contribution is 7.97. The largest absolute Gasteiger partial charge is 0.497 e. The number of hydrogen-bond donors (Lipinski definition) is 2. The molecule has 27 heavy (non-hydrogen) atoms. The Balaban J connectivity index is 1.57. The SMILES string of the molecule is COc1ccc(OC2CCN(Sc3cccc(F)c3C(=O)NO)CC2)cc1. The number of nitrogens with zero attached hydrogens (tertiary/aromatic N) is 1. The van der Waals surface area contributed by atoms with E-state index in [9.17, 15) is 9.18 Å². The molecular formula is C19H21FN2O4S. The van der Waals surface area contributed by atoms with Crippen LogP contribution in [0.25, 0.3) is 0 Å². The van der Waals surface area contributed by atoms with Gasteiger partial charge in [-0.1, -0.05) is 6.07 Å². The van der Waals surface area contributed by atoms with E-state index in [0.29, 0.717) is 4.90 Å². The first-order chi connectivity index (χ1) is 13.1. The van der Waals surface area contributed by atoms with Crippen LogP contribution in [0, 0.1) is 5.82 Å². The summed E-state index contributed by atoms with van der Waals surface area (Å²) >= 11 is 1.31. The molecule has 8 heteroatoms. The Labute approximate surface area is 161 Å². The number of benzene rings is 2. The molecule has 0 unspecified atom stereocenters. The molecule has 1 aliphatic rings. The van der Waals surface area contributed by atoms with E-state index in [1.807, 2.05) is 24.3 Å². The van der Waals surface area contributed by atoms with Crippen LogP contribution in [0.15, 0.2) is 47.4 Å². The molecule has 144 valence electrons. The van der Waals surface area contributed by atoms with Crippen LogP contribution in [0.4, 0.5) is 4.39 Å². The maximum absolute atomic E-state index is 14.0. The van der Waals surface area contributed by atoms with E-state index in [2.05, 4.69) is 4.31 Å². The molecule has 2 N–H and O–H groups in total. The minimum Gasteiger partial charge on any atom is -0.497 e. The van der Waals surface area contributed by atoms with Crippen LogP contribution in [0.3, 0.4) is 0 Å². The average molecular weight is 392 g/mol. The van der Waals surface area contributed by atoms with Crippen molar-refractivity contribution < 1.29 is 23.9 Å². The second-order valence-electron chi connectivity index (χ2n) is 6.07. The highest BCUT2D eigenvalue weighted by Crippen LogP contribution is 2.31. The lowest BCUT2D eigenvalue weighted by Crippen LogP contribution is -2.34. The number of rotatable bonds is 6. The van der Waals surface area contributed by atoms with Gasteiger partial charge in [0.05, 0.1) is 12.7 Å². The van der Waals surface area contributed by atoms with Gasteiger partial charge in [-0.05, 0) is 61.2 Å². The van der Waals surface area contributed by atoms with E-state index >= 15 is 0 Å². The predicted octanol–water partition coefficient (Wildman–Crippen LogP) is 3.50. The molecule has 3 rings (SSSR count). The lowest BCUT2D eigenvalue weighted by molar-refractivity contribution is 0.0698. The first kappa shape index (κ1) is 19.5. The summed E-state index contributed by atoms with van der Waals surface area (Å²) in [5.41, 5.74) is 1.35. The molecule has 0 spiro atoms. The van der Waals surface area contributed by atoms with Gasteiger partial charge in [-0.15, -0.1) is 0 Å². The van der Waals surface area contributed by atoms with E-state index in [4.69, 9.17) is 14.7 Å². The zero-order valence-electron chi connectivity index (χ0n) is 14.9. The van der Waals surface area contributed by atoms with Crippen LogP contribution in [0.2, 0.25) is 0 Å². The van der Waals surface area contributed by atoms with Gasteiger partial charge in [0, 0.05) is 18.0 Å². The minimum absolute atomic E-state index is 0.1000. The summed E-state index contributed by atoms with van der Waals surface area (Å²) in [5.74, 6) is 0.0675. The number of carbonyl (C=O) groups excluding carboxylic acids is 1. The van der Waals surface area contributed by atoms with Crippen LogP contribution >= 0.6 is 11.9 Å². The molecule has 2 aromatic carbocycles. The maximum Gasteiger partial charge on any atom is 0.278 e. The fourth-order valence-electron chi connectivity index (χ4n) is 2.88. The Morgan fingerprint density at radius 1 is 1.19 bits per heavy atom. The van der Waals surface area contributed by atoms with Gasteiger partial charge < -0.3 is 9.47 Å². The molecule has 0 saturated carbocycles. The summed E-state index contributed by atoms with van der Waals surface area (Å²) in [6.07, 6.45) is 1.73. The van der Waals surface area contributed by atoms with E-state index in [0.717, 1.165) is 37.4 Å². The molecule has 0 radical (unpaired) electrons. The van der Waals surface area contributed by atoms with Crippen molar-refractivity contribution in [3.63, 3.8) is 0 Å². The highest BCUT2D eigenvalue weighted by atomic mass is 32.2. The number of halogens is 1. The van der Waals surface area contributed by atoms with Gasteiger partial charge in [-0.25, -0.2) is 14.2 Å². The lowest BCUT2D eigenvalue weighted by Gasteiger charge is -2.31. The number of methoxy groups -OCH3 is 1. The molecule has 0 aromatic heterocycles. The van der Waals surface area contributed by atoms with Crippen LogP contribution in [0.1, 0.15) is 23.2 Å². The number of hydroxylamine groups is 1. The molecule has 2 aromatic rings. The number of piperidine rings is 1. The lowest BCUT2D eigenvalue weighted by atomic mass is 10.1. The van der Waals surface area contributed by atoms with Gasteiger partial charge in [0.25, 0.3) is 5.91 Å². The fraction of sp³-hybridized carbons (Fsp3) is 0.316. The molecule has 1 saturated heterocycles. The first-order valence-electron chi connectivity index (χ1n) is 8.57. The monoisotopic (exact) mass is 392 g/mol. The summed E-state index contributed by atoms with van der Waals surface area (Å²) in [4.78, 5) is 12.2. The van der Waals surface area contributed by atoms with E-state index in [1.165, 1.54) is 23.5 Å². The van der Waals surface area contributed by atoms with E-state index < -0.39 is 11.7 Å². The number of amides is 1. The summed E-state index contributed by atoms with van der Waals surface area (Å²) < 4.78 is 27.2. The van der Waals surface area contributed by atoms with Gasteiger partial charge in [0.1, 0.15) is 23.4 Å². The summed E-state index contributed by atoms with van der Waals surface area (Å²) in [6.45, 7) is 1.48. The third-order valence-electron chi connectivity index (χ3n) is 4.29. The number of hydrogen-bond acceptors (Lipinski definition) is 6. The second kappa shape index (κ2) is 9.07. The Morgan fingerprint density at radius 3 is 2.48 bits per heavy atom. The maximum atomic E-state index is 14.0. The highest BCUT2D eigenvalue weighted by Gasteiger charge is 2.24. The van der Waals surface area contributed by atoms with Crippen molar-refractivity contribution in [1.82, 2.24) is 9.79 Å². The molecule has 6 nitrogen and oxygen atoms in total. The van der Waals surface area contributed by atoms with Crippen molar-refractivity contribution in [3.05, 3.63) is 53.8 Å². The van der Waals surface area contributed by atoms with Crippen molar-refractivity contribution in [2.24, 2.45) is 0 Å². The Hall–Kier alpha value is -2.29. The third-order valence-corrected chi connectivity index (χ3v) is 5.45. The fourth-order valence-corrected chi connectivity index (χ4v) is 3.98. The van der Waals surface area contributed by atoms with Crippen LogP contribution in [-0.4, -0.2) is 41.7 Å². The zero-order chi connectivity index (χ0) is 19.2. The molecule has 1 aliphatic heterocycles. The summed E-state index contributed by atoms with van der Waals surface area (Å²) in [7, 11) is 1.62. The van der Waals surface area contributed by atoms with Crippen molar-refractivity contribution in [2.45, 2.75) is 23.8 Å². The van der Waals surface area contributed by atoms with E-state index in [-0.39, 0.29) is 11.7 Å². The van der Waals surface area contributed by atoms with Crippen LogP contribution in [-0.2, 0) is 0 Å². The Morgan fingerprint density at radius 2 is 1.85 bits per heavy atom. The van der Waals surface area contributed by atoms with Crippen molar-refractivity contribution in [2.75, 3.05) is 20.2 Å². The van der Waals surface area contributed by atoms with Gasteiger partial charge in [0.2, 0.25) is 0 Å². The molecular weight excluding hydrogens is 371 g/mol. The number of carbonyl (C=O) groups is 1. The van der Waals surface area contributed by atoms with Crippen molar-refractivity contribution in [1.29, 1.82) is 0 Å². The number of ether oxygens (including phenoxy) is 2. The minimum atomic E-state index is -0.853. The second-order valence-corrected chi connectivity index (χ2v) is 7.21. The standard InChI is InChI=1S/C19H21FN2O4S/c1-25-13-5-7-14(8-6-13)26-15-9-11-22(12-10-15)27-17-4-2-3-16(20)18(17)19(23)21-24/h2-8,15,24H,9-12H2,1H3,(H,21,23). The molecule has 0 atom stereocenters. The van der Waals surface area contributed by atoms with Gasteiger partial charge in [0.15, 0.2) is 0 Å².